The van der Waals surface area contributed by atoms with Gasteiger partial charge >= 0.3 is 0 Å². The first-order valence-corrected chi connectivity index (χ1v) is 9.16. The van der Waals surface area contributed by atoms with Crippen LogP contribution in [0.15, 0.2) is 58.3 Å². The van der Waals surface area contributed by atoms with E-state index in [9.17, 15) is 14.0 Å². The van der Waals surface area contributed by atoms with Crippen LogP contribution in [0.2, 0.25) is 0 Å². The van der Waals surface area contributed by atoms with E-state index in [0.29, 0.717) is 15.2 Å². The highest BCUT2D eigenvalue weighted by molar-refractivity contribution is 7.12. The maximum Gasteiger partial charge on any atom is 0.267 e. The molecular weight excluding hydrogens is 361 g/mol. The van der Waals surface area contributed by atoms with Crippen LogP contribution in [0, 0.1) is 5.82 Å². The molecule has 0 radical (unpaired) electrons. The maximum atomic E-state index is 13.8. The van der Waals surface area contributed by atoms with Crippen LogP contribution in [0.25, 0.3) is 0 Å². The molecule has 0 unspecified atom stereocenters. The fourth-order valence-electron chi connectivity index (χ4n) is 2.11. The molecule has 0 aliphatic heterocycles. The van der Waals surface area contributed by atoms with E-state index in [1.165, 1.54) is 28.7 Å². The molecule has 0 bridgehead atoms. The van der Waals surface area contributed by atoms with Crippen molar-refractivity contribution in [1.29, 1.82) is 0 Å². The monoisotopic (exact) mass is 375 g/mol. The van der Waals surface area contributed by atoms with Gasteiger partial charge in [-0.3, -0.25) is 9.59 Å². The van der Waals surface area contributed by atoms with E-state index in [0.717, 1.165) is 0 Å². The minimum Gasteiger partial charge on any atom is -0.342 e. The summed E-state index contributed by atoms with van der Waals surface area (Å²) in [5.74, 6) is -1.07. The summed E-state index contributed by atoms with van der Waals surface area (Å²) in [6.07, 6.45) is 1.74. The second-order valence-corrected chi connectivity index (χ2v) is 6.89. The lowest BCUT2D eigenvalue weighted by Crippen LogP contribution is -2.29. The lowest BCUT2D eigenvalue weighted by atomic mass is 10.2. The molecule has 25 heavy (non-hydrogen) atoms. The molecule has 0 aliphatic carbocycles. The van der Waals surface area contributed by atoms with Crippen molar-refractivity contribution in [3.8, 4) is 0 Å². The Morgan fingerprint density at radius 1 is 1.12 bits per heavy atom. The number of rotatable bonds is 5. The topological polar surface area (TPSA) is 63.5 Å². The summed E-state index contributed by atoms with van der Waals surface area (Å²) in [5.41, 5.74) is 0.515. The first-order chi connectivity index (χ1) is 12.1. The number of thiophene rings is 1. The molecule has 0 saturated heterocycles. The number of carbonyl (C=O) groups excluding carboxylic acids is 2. The van der Waals surface area contributed by atoms with Crippen molar-refractivity contribution in [1.82, 2.24) is 9.88 Å². The van der Waals surface area contributed by atoms with E-state index >= 15 is 0 Å². The van der Waals surface area contributed by atoms with Gasteiger partial charge in [0.2, 0.25) is 0 Å². The van der Waals surface area contributed by atoms with E-state index in [1.54, 1.807) is 51.9 Å². The van der Waals surface area contributed by atoms with Gasteiger partial charge in [-0.1, -0.05) is 24.3 Å². The molecule has 2 heterocycles. The summed E-state index contributed by atoms with van der Waals surface area (Å²) in [5, 5.41) is 6.10. The fourth-order valence-corrected chi connectivity index (χ4v) is 3.50. The zero-order valence-corrected chi connectivity index (χ0v) is 14.6. The third-order valence-electron chi connectivity index (χ3n) is 3.32. The number of hydrogen-bond donors (Lipinski definition) is 1. The lowest BCUT2D eigenvalue weighted by molar-refractivity contribution is -0.117. The number of hydrogen-bond acceptors (Lipinski definition) is 4. The quantitative estimate of drug-likeness (QED) is 0.745. The Morgan fingerprint density at radius 3 is 2.72 bits per heavy atom. The Morgan fingerprint density at radius 2 is 1.96 bits per heavy atom. The van der Waals surface area contributed by atoms with E-state index in [-0.39, 0.29) is 24.8 Å². The molecule has 2 aromatic heterocycles. The molecule has 0 spiro atoms. The summed E-state index contributed by atoms with van der Waals surface area (Å²) in [6.45, 7) is 0.0954. The number of nitrogens with one attached hydrogen (secondary N) is 1. The number of nitrogens with zero attached hydrogens (tertiary/aromatic N) is 2. The van der Waals surface area contributed by atoms with E-state index < -0.39 is 5.91 Å². The highest BCUT2D eigenvalue weighted by Gasteiger charge is 2.09. The normalized spacial score (nSPS) is 11.5. The van der Waals surface area contributed by atoms with Gasteiger partial charge in [-0.15, -0.1) is 22.7 Å². The molecule has 128 valence electrons. The van der Waals surface area contributed by atoms with Gasteiger partial charge < -0.3 is 9.88 Å². The van der Waals surface area contributed by atoms with Crippen LogP contribution in [-0.2, 0) is 11.3 Å². The molecule has 3 rings (SSSR count). The molecule has 0 aliphatic rings. The van der Waals surface area contributed by atoms with Crippen LogP contribution in [-0.4, -0.2) is 22.9 Å². The fraction of sp³-hybridized carbons (Fsp3) is 0.118. The number of aromatic nitrogens is 1. The van der Waals surface area contributed by atoms with Crippen molar-refractivity contribution in [2.24, 2.45) is 4.99 Å². The summed E-state index contributed by atoms with van der Waals surface area (Å²) < 4.78 is 15.5. The second kappa shape index (κ2) is 8.00. The van der Waals surface area contributed by atoms with Crippen molar-refractivity contribution in [3.63, 3.8) is 0 Å². The molecule has 3 aromatic rings. The Labute approximate surface area is 151 Å². The molecule has 0 saturated carbocycles. The van der Waals surface area contributed by atoms with Gasteiger partial charge in [-0.2, -0.15) is 4.99 Å². The van der Waals surface area contributed by atoms with Crippen LogP contribution in [0.3, 0.4) is 0 Å². The van der Waals surface area contributed by atoms with Crippen molar-refractivity contribution in [2.45, 2.75) is 6.54 Å². The largest absolute Gasteiger partial charge is 0.342 e. The average Bonchev–Trinajstić information content (AvgIpc) is 3.27. The predicted molar refractivity (Wildman–Crippen MR) is 95.0 cm³/mol. The number of thiazole rings is 1. The van der Waals surface area contributed by atoms with E-state index in [2.05, 4.69) is 10.3 Å². The van der Waals surface area contributed by atoms with Gasteiger partial charge in [-0.25, -0.2) is 4.39 Å². The van der Waals surface area contributed by atoms with Gasteiger partial charge in [0.15, 0.2) is 4.80 Å². The number of amides is 2. The average molecular weight is 375 g/mol. The molecular formula is C17H14FN3O2S2. The first-order valence-electron chi connectivity index (χ1n) is 7.40. The molecule has 0 fully saturated rings. The minimum atomic E-state index is -0.463. The van der Waals surface area contributed by atoms with E-state index in [1.807, 2.05) is 0 Å². The summed E-state index contributed by atoms with van der Waals surface area (Å²) in [6, 6.07) is 9.92. The maximum absolute atomic E-state index is 13.8. The summed E-state index contributed by atoms with van der Waals surface area (Å²) in [7, 11) is 0. The molecule has 2 amide bonds. The Balaban J connectivity index is 1.67. The third kappa shape index (κ3) is 4.49. The molecule has 1 N–H and O–H groups in total. The molecule has 1 aromatic carbocycles. The van der Waals surface area contributed by atoms with Crippen LogP contribution in [0.4, 0.5) is 4.39 Å². The number of halogens is 1. The van der Waals surface area contributed by atoms with Crippen molar-refractivity contribution in [2.75, 3.05) is 6.54 Å². The molecule has 8 heteroatoms. The third-order valence-corrected chi connectivity index (χ3v) is 4.99. The Bertz CT molecular complexity index is 945. The van der Waals surface area contributed by atoms with Crippen LogP contribution in [0.5, 0.6) is 0 Å². The van der Waals surface area contributed by atoms with Crippen LogP contribution in [0.1, 0.15) is 15.2 Å². The van der Waals surface area contributed by atoms with Crippen LogP contribution >= 0.6 is 22.7 Å². The lowest BCUT2D eigenvalue weighted by Gasteiger charge is -2.04. The van der Waals surface area contributed by atoms with Gasteiger partial charge in [0, 0.05) is 17.1 Å². The highest BCUT2D eigenvalue weighted by atomic mass is 32.1. The first kappa shape index (κ1) is 17.2. The standard InChI is InChI=1S/C17H14FN3O2S2/c18-13-5-2-1-4-12(13)11-21-7-9-25-17(21)20-15(22)10-19-16(23)14-6-3-8-24-14/h1-9H,10-11H2,(H,19,23). The van der Waals surface area contributed by atoms with Gasteiger partial charge in [0.1, 0.15) is 5.82 Å². The zero-order chi connectivity index (χ0) is 17.6. The smallest absolute Gasteiger partial charge is 0.267 e. The predicted octanol–water partition coefficient (Wildman–Crippen LogP) is 2.66. The Kier molecular flexibility index (Phi) is 5.52. The number of benzene rings is 1. The zero-order valence-electron chi connectivity index (χ0n) is 13.0. The number of carbonyl (C=O) groups is 2. The van der Waals surface area contributed by atoms with Crippen molar-refractivity contribution < 1.29 is 14.0 Å². The summed E-state index contributed by atoms with van der Waals surface area (Å²) >= 11 is 2.58. The van der Waals surface area contributed by atoms with Gasteiger partial charge in [0.05, 0.1) is 18.0 Å². The molecule has 0 atom stereocenters. The van der Waals surface area contributed by atoms with Gasteiger partial charge in [-0.05, 0) is 17.5 Å². The highest BCUT2D eigenvalue weighted by Crippen LogP contribution is 2.08. The van der Waals surface area contributed by atoms with Gasteiger partial charge in [0.25, 0.3) is 11.8 Å². The SMILES string of the molecule is O=C(CNC(=O)c1cccs1)N=c1sccn1Cc1ccccc1F. The van der Waals surface area contributed by atoms with Crippen molar-refractivity contribution >= 4 is 34.5 Å². The second-order valence-electron chi connectivity index (χ2n) is 5.07. The van der Waals surface area contributed by atoms with E-state index in [4.69, 9.17) is 0 Å². The Hall–Kier alpha value is -2.58. The minimum absolute atomic E-state index is 0.186. The molecule has 5 nitrogen and oxygen atoms in total. The van der Waals surface area contributed by atoms with Crippen LogP contribution < -0.4 is 10.1 Å². The van der Waals surface area contributed by atoms with Crippen molar-refractivity contribution in [3.05, 3.63) is 74.4 Å². The summed E-state index contributed by atoms with van der Waals surface area (Å²) in [4.78, 5) is 28.8.